The van der Waals surface area contributed by atoms with Gasteiger partial charge in [0.05, 0.1) is 38.4 Å². The second-order valence-corrected chi connectivity index (χ2v) is 7.68. The van der Waals surface area contributed by atoms with E-state index < -0.39 is 35.2 Å². The van der Waals surface area contributed by atoms with E-state index in [-0.39, 0.29) is 28.6 Å². The van der Waals surface area contributed by atoms with Gasteiger partial charge in [0.1, 0.15) is 6.54 Å². The monoisotopic (exact) mass is 454 g/mol. The fourth-order valence-electron chi connectivity index (χ4n) is 3.16. The standard InChI is InChI=1S/C20H14N4O7S/c1-2-31-19(28)10-3-6-14-15(7-10)32-20(21-14)22-16(25)9-23-17(26)12-5-4-11(24(29)30)8-13(12)18(23)27/h3-8H,2,9H2,1H3,(H,21,22,25). The van der Waals surface area contributed by atoms with E-state index in [9.17, 15) is 29.3 Å². The predicted molar refractivity (Wildman–Crippen MR) is 113 cm³/mol. The lowest BCUT2D eigenvalue weighted by molar-refractivity contribution is -0.384. The molecular weight excluding hydrogens is 440 g/mol. The van der Waals surface area contributed by atoms with Gasteiger partial charge in [0.15, 0.2) is 5.13 Å². The molecule has 162 valence electrons. The van der Waals surface area contributed by atoms with Gasteiger partial charge in [-0.1, -0.05) is 11.3 Å². The third-order valence-electron chi connectivity index (χ3n) is 4.61. The highest BCUT2D eigenvalue weighted by Gasteiger charge is 2.37. The average Bonchev–Trinajstić information content (AvgIpc) is 3.26. The number of non-ortho nitro benzene ring substituents is 1. The minimum Gasteiger partial charge on any atom is -0.462 e. The molecule has 0 saturated heterocycles. The Hall–Kier alpha value is -4.19. The summed E-state index contributed by atoms with van der Waals surface area (Å²) in [5, 5.41) is 13.7. The lowest BCUT2D eigenvalue weighted by atomic mass is 10.1. The second kappa shape index (κ2) is 8.15. The Balaban J connectivity index is 1.48. The van der Waals surface area contributed by atoms with Crippen molar-refractivity contribution in [3.05, 3.63) is 63.2 Å². The maximum atomic E-state index is 12.5. The van der Waals surface area contributed by atoms with E-state index in [4.69, 9.17) is 4.74 Å². The number of carbonyl (C=O) groups is 4. The molecule has 2 aromatic carbocycles. The molecule has 11 nitrogen and oxygen atoms in total. The number of amides is 3. The molecule has 1 N–H and O–H groups in total. The van der Waals surface area contributed by atoms with Gasteiger partial charge in [-0.2, -0.15) is 0 Å². The Labute approximate surface area is 183 Å². The number of nitro benzene ring substituents is 1. The number of esters is 1. The molecule has 1 aromatic heterocycles. The first-order valence-electron chi connectivity index (χ1n) is 9.30. The number of hydrogen-bond acceptors (Lipinski definition) is 9. The fraction of sp³-hybridized carbons (Fsp3) is 0.150. The number of thiazole rings is 1. The Morgan fingerprint density at radius 1 is 1.16 bits per heavy atom. The summed E-state index contributed by atoms with van der Waals surface area (Å²) < 4.78 is 5.60. The molecule has 0 saturated carbocycles. The maximum Gasteiger partial charge on any atom is 0.338 e. The Morgan fingerprint density at radius 3 is 2.62 bits per heavy atom. The van der Waals surface area contributed by atoms with Gasteiger partial charge in [-0.15, -0.1) is 0 Å². The first-order valence-corrected chi connectivity index (χ1v) is 10.1. The van der Waals surface area contributed by atoms with E-state index in [2.05, 4.69) is 10.3 Å². The van der Waals surface area contributed by atoms with E-state index in [0.717, 1.165) is 28.4 Å². The number of aromatic nitrogens is 1. The van der Waals surface area contributed by atoms with Gasteiger partial charge in [-0.25, -0.2) is 9.78 Å². The molecule has 32 heavy (non-hydrogen) atoms. The molecule has 3 aromatic rings. The number of rotatable bonds is 6. The Morgan fingerprint density at radius 2 is 1.91 bits per heavy atom. The number of ether oxygens (including phenoxy) is 1. The summed E-state index contributed by atoms with van der Waals surface area (Å²) in [6.07, 6.45) is 0. The lowest BCUT2D eigenvalue weighted by Crippen LogP contribution is -2.37. The Kier molecular flexibility index (Phi) is 5.36. The van der Waals surface area contributed by atoms with Crippen molar-refractivity contribution in [1.82, 2.24) is 9.88 Å². The van der Waals surface area contributed by atoms with Gasteiger partial charge < -0.3 is 10.1 Å². The third kappa shape index (κ3) is 3.78. The van der Waals surface area contributed by atoms with Crippen LogP contribution in [0.2, 0.25) is 0 Å². The minimum absolute atomic E-state index is 0.000109. The molecule has 1 aliphatic rings. The summed E-state index contributed by atoms with van der Waals surface area (Å²) in [7, 11) is 0. The number of nitro groups is 1. The van der Waals surface area contributed by atoms with Gasteiger partial charge in [0.2, 0.25) is 5.91 Å². The van der Waals surface area contributed by atoms with E-state index in [1.165, 1.54) is 6.07 Å². The van der Waals surface area contributed by atoms with Crippen LogP contribution in [0.4, 0.5) is 10.8 Å². The van der Waals surface area contributed by atoms with E-state index >= 15 is 0 Å². The van der Waals surface area contributed by atoms with Crippen LogP contribution in [0.3, 0.4) is 0 Å². The van der Waals surface area contributed by atoms with E-state index in [0.29, 0.717) is 15.8 Å². The zero-order chi connectivity index (χ0) is 23.0. The molecule has 1 aliphatic heterocycles. The number of imide groups is 1. The van der Waals surface area contributed by atoms with Crippen LogP contribution in [0.15, 0.2) is 36.4 Å². The molecule has 0 fully saturated rings. The van der Waals surface area contributed by atoms with Crippen molar-refractivity contribution in [2.75, 3.05) is 18.5 Å². The summed E-state index contributed by atoms with van der Waals surface area (Å²) >= 11 is 1.11. The summed E-state index contributed by atoms with van der Waals surface area (Å²) in [5.74, 6) is -2.64. The number of nitrogens with one attached hydrogen (secondary N) is 1. The highest BCUT2D eigenvalue weighted by atomic mass is 32.1. The molecule has 12 heteroatoms. The van der Waals surface area contributed by atoms with Crippen LogP contribution in [0, 0.1) is 10.1 Å². The van der Waals surface area contributed by atoms with E-state index in [1.807, 2.05) is 0 Å². The van der Waals surface area contributed by atoms with Crippen LogP contribution in [0.25, 0.3) is 10.2 Å². The maximum absolute atomic E-state index is 12.5. The van der Waals surface area contributed by atoms with E-state index in [1.54, 1.807) is 25.1 Å². The van der Waals surface area contributed by atoms with Crippen molar-refractivity contribution in [1.29, 1.82) is 0 Å². The fourth-order valence-corrected chi connectivity index (χ4v) is 4.08. The van der Waals surface area contributed by atoms with Crippen LogP contribution in [0.5, 0.6) is 0 Å². The smallest absolute Gasteiger partial charge is 0.338 e. The molecule has 2 heterocycles. The number of nitrogens with zero attached hydrogens (tertiary/aromatic N) is 3. The third-order valence-corrected chi connectivity index (χ3v) is 5.55. The summed E-state index contributed by atoms with van der Waals surface area (Å²) in [6, 6.07) is 8.11. The Bertz CT molecular complexity index is 1320. The van der Waals surface area contributed by atoms with Gasteiger partial charge in [0.25, 0.3) is 17.5 Å². The second-order valence-electron chi connectivity index (χ2n) is 6.65. The van der Waals surface area contributed by atoms with Gasteiger partial charge in [0, 0.05) is 12.1 Å². The largest absolute Gasteiger partial charge is 0.462 e. The molecule has 3 amide bonds. The zero-order valence-corrected chi connectivity index (χ0v) is 17.3. The first-order chi connectivity index (χ1) is 15.3. The average molecular weight is 454 g/mol. The van der Waals surface area contributed by atoms with Crippen LogP contribution >= 0.6 is 11.3 Å². The quantitative estimate of drug-likeness (QED) is 0.259. The van der Waals surface area contributed by atoms with Crippen molar-refractivity contribution in [3.63, 3.8) is 0 Å². The normalized spacial score (nSPS) is 12.7. The molecule has 0 spiro atoms. The molecule has 0 atom stereocenters. The van der Waals surface area contributed by atoms with Crippen LogP contribution in [0.1, 0.15) is 38.0 Å². The number of benzene rings is 2. The molecule has 0 aliphatic carbocycles. The van der Waals surface area contributed by atoms with Crippen molar-refractivity contribution < 1.29 is 28.8 Å². The van der Waals surface area contributed by atoms with Crippen molar-refractivity contribution in [2.24, 2.45) is 0 Å². The van der Waals surface area contributed by atoms with Crippen molar-refractivity contribution in [2.45, 2.75) is 6.92 Å². The number of anilines is 1. The molecule has 4 rings (SSSR count). The summed E-state index contributed by atoms with van der Waals surface area (Å²) in [6.45, 7) is 1.36. The highest BCUT2D eigenvalue weighted by molar-refractivity contribution is 7.22. The van der Waals surface area contributed by atoms with Crippen LogP contribution in [-0.4, -0.2) is 51.6 Å². The van der Waals surface area contributed by atoms with Gasteiger partial charge >= 0.3 is 5.97 Å². The van der Waals surface area contributed by atoms with Gasteiger partial charge in [-0.3, -0.25) is 29.4 Å². The highest BCUT2D eigenvalue weighted by Crippen LogP contribution is 2.29. The molecule has 0 radical (unpaired) electrons. The van der Waals surface area contributed by atoms with Gasteiger partial charge in [-0.05, 0) is 31.2 Å². The van der Waals surface area contributed by atoms with Crippen LogP contribution < -0.4 is 5.32 Å². The van der Waals surface area contributed by atoms with Crippen molar-refractivity contribution in [3.8, 4) is 0 Å². The number of carbonyl (C=O) groups excluding carboxylic acids is 4. The predicted octanol–water partition coefficient (Wildman–Crippen LogP) is 2.62. The minimum atomic E-state index is -0.785. The van der Waals surface area contributed by atoms with Crippen molar-refractivity contribution >= 4 is 56.1 Å². The molecule has 0 bridgehead atoms. The zero-order valence-electron chi connectivity index (χ0n) is 16.5. The number of hydrogen-bond donors (Lipinski definition) is 1. The lowest BCUT2D eigenvalue weighted by Gasteiger charge is -2.12. The summed E-state index contributed by atoms with van der Waals surface area (Å²) in [5.41, 5.74) is 0.448. The molecular formula is C20H14N4O7S. The molecule has 0 unspecified atom stereocenters. The number of fused-ring (bicyclic) bond motifs is 2. The SMILES string of the molecule is CCOC(=O)c1ccc2nc(NC(=O)CN3C(=O)c4ccc([N+](=O)[O-])cc4C3=O)sc2c1. The summed E-state index contributed by atoms with van der Waals surface area (Å²) in [4.78, 5) is 64.5. The first kappa shape index (κ1) is 21.1. The topological polar surface area (TPSA) is 149 Å². The van der Waals surface area contributed by atoms with Crippen LogP contribution in [-0.2, 0) is 9.53 Å².